The Morgan fingerprint density at radius 3 is 2.72 bits per heavy atom. The molecule has 2 aromatic rings. The monoisotopic (exact) mass is 264 g/mol. The van der Waals surface area contributed by atoms with Crippen LogP contribution >= 0.6 is 11.6 Å². The van der Waals surface area contributed by atoms with E-state index in [1.165, 1.54) is 0 Å². The third-order valence-corrected chi connectivity index (χ3v) is 2.53. The molecular weight excluding hydrogens is 252 g/mol. The molecule has 0 unspecified atom stereocenters. The fraction of sp³-hybridized carbons (Fsp3) is 0.273. The third-order valence-electron chi connectivity index (χ3n) is 2.36. The molecule has 7 heteroatoms. The first kappa shape index (κ1) is 12.5. The van der Waals surface area contributed by atoms with Crippen molar-refractivity contribution in [1.82, 2.24) is 19.9 Å². The van der Waals surface area contributed by atoms with Crippen molar-refractivity contribution in [3.63, 3.8) is 0 Å². The van der Waals surface area contributed by atoms with Gasteiger partial charge >= 0.3 is 0 Å². The normalized spacial score (nSPS) is 10.3. The van der Waals surface area contributed by atoms with Crippen molar-refractivity contribution in [2.24, 2.45) is 0 Å². The molecule has 0 aliphatic heterocycles. The standard InChI is InChI=1S/C11H13ClN6/c1-2-18(7-8-5-3-4-6-14-8)11-16-9(12)15-10(13)17-11/h3-6H,2,7H2,1H3,(H2,13,15,16,17). The van der Waals surface area contributed by atoms with Crippen LogP contribution in [-0.4, -0.2) is 26.5 Å². The molecule has 0 aliphatic rings. The Hall–Kier alpha value is -1.95. The van der Waals surface area contributed by atoms with Crippen LogP contribution < -0.4 is 10.6 Å². The number of aromatic nitrogens is 4. The van der Waals surface area contributed by atoms with E-state index < -0.39 is 0 Å². The maximum absolute atomic E-state index is 5.77. The van der Waals surface area contributed by atoms with Gasteiger partial charge in [-0.3, -0.25) is 4.98 Å². The van der Waals surface area contributed by atoms with Crippen LogP contribution in [0, 0.1) is 0 Å². The number of anilines is 2. The van der Waals surface area contributed by atoms with Crippen LogP contribution in [0.4, 0.5) is 11.9 Å². The lowest BCUT2D eigenvalue weighted by Gasteiger charge is -2.20. The highest BCUT2D eigenvalue weighted by molar-refractivity contribution is 6.28. The van der Waals surface area contributed by atoms with Crippen molar-refractivity contribution in [2.45, 2.75) is 13.5 Å². The fourth-order valence-electron chi connectivity index (χ4n) is 1.51. The number of hydrogen-bond acceptors (Lipinski definition) is 6. The van der Waals surface area contributed by atoms with Gasteiger partial charge in [-0.2, -0.15) is 15.0 Å². The summed E-state index contributed by atoms with van der Waals surface area (Å²) < 4.78 is 0. The zero-order valence-electron chi connectivity index (χ0n) is 9.91. The molecule has 0 atom stereocenters. The molecule has 0 spiro atoms. The second-order valence-corrected chi connectivity index (χ2v) is 3.94. The summed E-state index contributed by atoms with van der Waals surface area (Å²) in [6.45, 7) is 3.31. The van der Waals surface area contributed by atoms with Gasteiger partial charge in [0, 0.05) is 12.7 Å². The number of rotatable bonds is 4. The Kier molecular flexibility index (Phi) is 3.88. The van der Waals surface area contributed by atoms with Crippen molar-refractivity contribution in [3.8, 4) is 0 Å². The molecule has 2 heterocycles. The zero-order valence-corrected chi connectivity index (χ0v) is 10.7. The van der Waals surface area contributed by atoms with Crippen molar-refractivity contribution < 1.29 is 0 Å². The average Bonchev–Trinajstić information content (AvgIpc) is 2.36. The molecule has 0 saturated carbocycles. The number of halogens is 1. The van der Waals surface area contributed by atoms with Crippen molar-refractivity contribution >= 4 is 23.5 Å². The number of pyridine rings is 1. The molecule has 18 heavy (non-hydrogen) atoms. The van der Waals surface area contributed by atoms with E-state index in [9.17, 15) is 0 Å². The molecule has 6 nitrogen and oxygen atoms in total. The molecule has 2 rings (SSSR count). The van der Waals surface area contributed by atoms with Crippen LogP contribution in [-0.2, 0) is 6.54 Å². The fourth-order valence-corrected chi connectivity index (χ4v) is 1.67. The van der Waals surface area contributed by atoms with Crippen LogP contribution in [0.25, 0.3) is 0 Å². The average molecular weight is 265 g/mol. The minimum Gasteiger partial charge on any atom is -0.368 e. The van der Waals surface area contributed by atoms with E-state index in [1.807, 2.05) is 30.0 Å². The highest BCUT2D eigenvalue weighted by atomic mass is 35.5. The van der Waals surface area contributed by atoms with E-state index >= 15 is 0 Å². The van der Waals surface area contributed by atoms with Gasteiger partial charge in [0.05, 0.1) is 12.2 Å². The van der Waals surface area contributed by atoms with E-state index in [-0.39, 0.29) is 11.2 Å². The molecule has 0 aromatic carbocycles. The van der Waals surface area contributed by atoms with Gasteiger partial charge in [-0.25, -0.2) is 0 Å². The zero-order chi connectivity index (χ0) is 13.0. The predicted octanol–water partition coefficient (Wildman–Crippen LogP) is 1.53. The summed E-state index contributed by atoms with van der Waals surface area (Å²) in [5.41, 5.74) is 6.48. The smallest absolute Gasteiger partial charge is 0.231 e. The van der Waals surface area contributed by atoms with Gasteiger partial charge in [-0.1, -0.05) is 6.07 Å². The Morgan fingerprint density at radius 1 is 1.28 bits per heavy atom. The molecule has 2 N–H and O–H groups in total. The molecule has 0 radical (unpaired) electrons. The van der Waals surface area contributed by atoms with Crippen LogP contribution in [0.15, 0.2) is 24.4 Å². The second-order valence-electron chi connectivity index (χ2n) is 3.60. The van der Waals surface area contributed by atoms with E-state index in [0.29, 0.717) is 12.5 Å². The maximum atomic E-state index is 5.77. The van der Waals surface area contributed by atoms with Gasteiger partial charge in [-0.05, 0) is 30.7 Å². The van der Waals surface area contributed by atoms with Crippen LogP contribution in [0.5, 0.6) is 0 Å². The number of nitrogens with two attached hydrogens (primary N) is 1. The molecule has 94 valence electrons. The van der Waals surface area contributed by atoms with Gasteiger partial charge in [0.15, 0.2) is 0 Å². The van der Waals surface area contributed by atoms with Crippen molar-refractivity contribution in [1.29, 1.82) is 0 Å². The molecule has 0 amide bonds. The molecule has 2 aromatic heterocycles. The first-order valence-electron chi connectivity index (χ1n) is 5.51. The number of nitrogen functional groups attached to an aromatic ring is 1. The molecule has 0 fully saturated rings. The summed E-state index contributed by atoms with van der Waals surface area (Å²) in [5.74, 6) is 0.574. The highest BCUT2D eigenvalue weighted by Gasteiger charge is 2.11. The highest BCUT2D eigenvalue weighted by Crippen LogP contribution is 2.14. The Balaban J connectivity index is 2.23. The summed E-state index contributed by atoms with van der Waals surface area (Å²) in [5, 5.41) is 0.0944. The maximum Gasteiger partial charge on any atom is 0.231 e. The summed E-state index contributed by atoms with van der Waals surface area (Å²) >= 11 is 5.77. The summed E-state index contributed by atoms with van der Waals surface area (Å²) in [6, 6.07) is 5.75. The minimum absolute atomic E-state index is 0.0944. The SMILES string of the molecule is CCN(Cc1ccccn1)c1nc(N)nc(Cl)n1. The minimum atomic E-state index is 0.0944. The van der Waals surface area contributed by atoms with E-state index in [0.717, 1.165) is 12.2 Å². The molecule has 0 bridgehead atoms. The molecule has 0 saturated heterocycles. The summed E-state index contributed by atoms with van der Waals surface area (Å²) in [6.07, 6.45) is 1.75. The van der Waals surface area contributed by atoms with Gasteiger partial charge < -0.3 is 10.6 Å². The lowest BCUT2D eigenvalue weighted by molar-refractivity contribution is 0.770. The molecule has 0 aliphatic carbocycles. The lowest BCUT2D eigenvalue weighted by atomic mass is 10.3. The largest absolute Gasteiger partial charge is 0.368 e. The Bertz CT molecular complexity index is 498. The van der Waals surface area contributed by atoms with Crippen LogP contribution in [0.3, 0.4) is 0 Å². The number of nitrogens with zero attached hydrogens (tertiary/aromatic N) is 5. The third kappa shape index (κ3) is 3.04. The van der Waals surface area contributed by atoms with Gasteiger partial charge in [0.2, 0.25) is 17.2 Å². The molecular formula is C11H13ClN6. The first-order chi connectivity index (χ1) is 8.69. The van der Waals surface area contributed by atoms with Crippen molar-refractivity contribution in [2.75, 3.05) is 17.2 Å². The van der Waals surface area contributed by atoms with Crippen molar-refractivity contribution in [3.05, 3.63) is 35.4 Å². The lowest BCUT2D eigenvalue weighted by Crippen LogP contribution is -2.25. The summed E-state index contributed by atoms with van der Waals surface area (Å²) in [7, 11) is 0. The predicted molar refractivity (Wildman–Crippen MR) is 70.2 cm³/mol. The quantitative estimate of drug-likeness (QED) is 0.902. The second kappa shape index (κ2) is 5.59. The summed E-state index contributed by atoms with van der Waals surface area (Å²) in [4.78, 5) is 18.1. The van der Waals surface area contributed by atoms with Crippen LogP contribution in [0.1, 0.15) is 12.6 Å². The van der Waals surface area contributed by atoms with Gasteiger partial charge in [-0.15, -0.1) is 0 Å². The van der Waals surface area contributed by atoms with E-state index in [1.54, 1.807) is 6.20 Å². The van der Waals surface area contributed by atoms with E-state index in [4.69, 9.17) is 17.3 Å². The van der Waals surface area contributed by atoms with Crippen LogP contribution in [0.2, 0.25) is 5.28 Å². The number of hydrogen-bond donors (Lipinski definition) is 1. The Labute approximate surface area is 110 Å². The first-order valence-corrected chi connectivity index (χ1v) is 5.88. The van der Waals surface area contributed by atoms with Gasteiger partial charge in [0.25, 0.3) is 0 Å². The Morgan fingerprint density at radius 2 is 2.11 bits per heavy atom. The van der Waals surface area contributed by atoms with E-state index in [2.05, 4.69) is 19.9 Å². The topological polar surface area (TPSA) is 80.8 Å². The van der Waals surface area contributed by atoms with Gasteiger partial charge in [0.1, 0.15) is 0 Å².